The van der Waals surface area contributed by atoms with Crippen molar-refractivity contribution in [2.45, 2.75) is 18.9 Å². The van der Waals surface area contributed by atoms with Gasteiger partial charge >= 0.3 is 0 Å². The molecule has 0 aliphatic rings. The number of aromatic nitrogens is 2. The van der Waals surface area contributed by atoms with Crippen LogP contribution in [0.15, 0.2) is 51.7 Å². The van der Waals surface area contributed by atoms with Crippen molar-refractivity contribution in [2.24, 2.45) is 5.73 Å². The Balaban J connectivity index is 1.82. The van der Waals surface area contributed by atoms with E-state index in [-0.39, 0.29) is 12.0 Å². The summed E-state index contributed by atoms with van der Waals surface area (Å²) in [6.45, 7) is 2.00. The van der Waals surface area contributed by atoms with Crippen LogP contribution in [-0.2, 0) is 0 Å². The molecule has 20 heavy (non-hydrogen) atoms. The van der Waals surface area contributed by atoms with Gasteiger partial charge in [-0.25, -0.2) is 0 Å². The fraction of sp³-hybridized carbons (Fsp3) is 0.200. The second-order valence-corrected chi connectivity index (χ2v) is 5.47. The van der Waals surface area contributed by atoms with E-state index in [0.717, 1.165) is 11.1 Å². The molecule has 0 spiro atoms. The fourth-order valence-electron chi connectivity index (χ4n) is 2.05. The van der Waals surface area contributed by atoms with Crippen LogP contribution in [-0.4, -0.2) is 10.1 Å². The van der Waals surface area contributed by atoms with Crippen LogP contribution in [0, 0.1) is 0 Å². The van der Waals surface area contributed by atoms with Gasteiger partial charge in [0.2, 0.25) is 11.7 Å². The number of nitrogens with zero attached hydrogens (tertiary/aromatic N) is 2. The van der Waals surface area contributed by atoms with E-state index in [1.807, 2.05) is 54.1 Å². The number of benzene rings is 1. The van der Waals surface area contributed by atoms with Gasteiger partial charge in [-0.3, -0.25) is 0 Å². The maximum absolute atomic E-state index is 6.27. The third-order valence-corrected chi connectivity index (χ3v) is 4.02. The lowest BCUT2D eigenvalue weighted by Crippen LogP contribution is -2.17. The average molecular weight is 285 g/mol. The first-order chi connectivity index (χ1) is 9.75. The van der Waals surface area contributed by atoms with E-state index in [2.05, 4.69) is 10.1 Å². The normalized spacial score (nSPS) is 14.1. The highest BCUT2D eigenvalue weighted by atomic mass is 32.1. The van der Waals surface area contributed by atoms with Crippen molar-refractivity contribution in [2.75, 3.05) is 0 Å². The molecule has 5 heteroatoms. The molecule has 0 amide bonds. The van der Waals surface area contributed by atoms with Crippen molar-refractivity contribution >= 4 is 11.3 Å². The second kappa shape index (κ2) is 5.56. The van der Waals surface area contributed by atoms with E-state index in [0.29, 0.717) is 11.7 Å². The number of rotatable bonds is 4. The lowest BCUT2D eigenvalue weighted by molar-refractivity contribution is 0.344. The minimum Gasteiger partial charge on any atom is -0.339 e. The van der Waals surface area contributed by atoms with Crippen LogP contribution in [0.1, 0.15) is 30.3 Å². The smallest absolute Gasteiger partial charge is 0.231 e. The summed E-state index contributed by atoms with van der Waals surface area (Å²) in [6.07, 6.45) is 0. The van der Waals surface area contributed by atoms with E-state index in [9.17, 15) is 0 Å². The predicted molar refractivity (Wildman–Crippen MR) is 79.4 cm³/mol. The molecule has 1 aromatic carbocycles. The Morgan fingerprint density at radius 1 is 1.20 bits per heavy atom. The third-order valence-electron chi connectivity index (χ3n) is 3.33. The maximum atomic E-state index is 6.27. The summed E-state index contributed by atoms with van der Waals surface area (Å²) in [5.74, 6) is 1.16. The summed E-state index contributed by atoms with van der Waals surface area (Å²) >= 11 is 1.61. The topological polar surface area (TPSA) is 64.9 Å². The largest absolute Gasteiger partial charge is 0.339 e. The van der Waals surface area contributed by atoms with E-state index in [4.69, 9.17) is 10.3 Å². The minimum absolute atomic E-state index is 0.0303. The van der Waals surface area contributed by atoms with Crippen LogP contribution in [0.2, 0.25) is 0 Å². The van der Waals surface area contributed by atoms with Gasteiger partial charge in [0.1, 0.15) is 0 Å². The fourth-order valence-corrected chi connectivity index (χ4v) is 2.68. The highest BCUT2D eigenvalue weighted by molar-refractivity contribution is 7.08. The van der Waals surface area contributed by atoms with Gasteiger partial charge in [0, 0.05) is 17.0 Å². The molecule has 4 nitrogen and oxygen atoms in total. The zero-order chi connectivity index (χ0) is 13.9. The second-order valence-electron chi connectivity index (χ2n) is 4.69. The molecule has 3 aromatic rings. The maximum Gasteiger partial charge on any atom is 0.231 e. The van der Waals surface area contributed by atoms with Crippen LogP contribution in [0.5, 0.6) is 0 Å². The zero-order valence-corrected chi connectivity index (χ0v) is 11.9. The Hall–Kier alpha value is -1.98. The van der Waals surface area contributed by atoms with Crippen LogP contribution < -0.4 is 5.73 Å². The van der Waals surface area contributed by atoms with E-state index < -0.39 is 0 Å². The van der Waals surface area contributed by atoms with Gasteiger partial charge in [-0.1, -0.05) is 42.4 Å². The SMILES string of the molecule is CC(c1nc(-c2ccsc2)no1)C(N)c1ccccc1. The number of hydrogen-bond donors (Lipinski definition) is 1. The Kier molecular flexibility index (Phi) is 3.62. The lowest BCUT2D eigenvalue weighted by Gasteiger charge is -2.16. The molecule has 2 atom stereocenters. The highest BCUT2D eigenvalue weighted by Crippen LogP contribution is 2.29. The van der Waals surface area contributed by atoms with Crippen molar-refractivity contribution < 1.29 is 4.52 Å². The van der Waals surface area contributed by atoms with Crippen molar-refractivity contribution in [1.82, 2.24) is 10.1 Å². The molecular weight excluding hydrogens is 270 g/mol. The summed E-state index contributed by atoms with van der Waals surface area (Å²) < 4.78 is 5.36. The Labute approximate surface area is 121 Å². The molecule has 2 heterocycles. The zero-order valence-electron chi connectivity index (χ0n) is 11.1. The van der Waals surface area contributed by atoms with Gasteiger partial charge in [0.05, 0.1) is 5.92 Å². The molecule has 0 saturated heterocycles. The predicted octanol–water partition coefficient (Wildman–Crippen LogP) is 3.60. The molecule has 0 bridgehead atoms. The molecule has 0 radical (unpaired) electrons. The van der Waals surface area contributed by atoms with Gasteiger partial charge < -0.3 is 10.3 Å². The molecule has 0 aliphatic heterocycles. The summed E-state index contributed by atoms with van der Waals surface area (Å²) in [5, 5.41) is 8.01. The van der Waals surface area contributed by atoms with Crippen LogP contribution in [0.4, 0.5) is 0 Å². The Bertz CT molecular complexity index is 664. The van der Waals surface area contributed by atoms with Crippen LogP contribution in [0.25, 0.3) is 11.4 Å². The van der Waals surface area contributed by atoms with Crippen molar-refractivity contribution in [1.29, 1.82) is 0 Å². The van der Waals surface area contributed by atoms with Gasteiger partial charge in [0.15, 0.2) is 0 Å². The minimum atomic E-state index is -0.160. The number of hydrogen-bond acceptors (Lipinski definition) is 5. The van der Waals surface area contributed by atoms with E-state index >= 15 is 0 Å². The van der Waals surface area contributed by atoms with Crippen molar-refractivity contribution in [3.05, 3.63) is 58.6 Å². The molecular formula is C15H15N3OS. The van der Waals surface area contributed by atoms with E-state index in [1.165, 1.54) is 0 Å². The molecule has 102 valence electrons. The quantitative estimate of drug-likeness (QED) is 0.795. The highest BCUT2D eigenvalue weighted by Gasteiger charge is 2.22. The van der Waals surface area contributed by atoms with Crippen LogP contribution in [0.3, 0.4) is 0 Å². The molecule has 0 saturated carbocycles. The molecule has 2 N–H and O–H groups in total. The average Bonchev–Trinajstić information content (AvgIpc) is 3.17. The Morgan fingerprint density at radius 2 is 2.00 bits per heavy atom. The van der Waals surface area contributed by atoms with Gasteiger partial charge in [-0.2, -0.15) is 16.3 Å². The van der Waals surface area contributed by atoms with Crippen molar-refractivity contribution in [3.8, 4) is 11.4 Å². The summed E-state index contributed by atoms with van der Waals surface area (Å²) in [6, 6.07) is 11.8. The summed E-state index contributed by atoms with van der Waals surface area (Å²) in [4.78, 5) is 4.45. The standard InChI is InChI=1S/C15H15N3OS/c1-10(13(16)11-5-3-2-4-6-11)15-17-14(18-19-15)12-7-8-20-9-12/h2-10,13H,16H2,1H3. The summed E-state index contributed by atoms with van der Waals surface area (Å²) in [5.41, 5.74) is 8.32. The monoisotopic (exact) mass is 285 g/mol. The molecule has 0 fully saturated rings. The Morgan fingerprint density at radius 3 is 2.70 bits per heavy atom. The number of thiophene rings is 1. The summed E-state index contributed by atoms with van der Waals surface area (Å²) in [7, 11) is 0. The number of nitrogens with two attached hydrogens (primary N) is 1. The van der Waals surface area contributed by atoms with Crippen LogP contribution >= 0.6 is 11.3 Å². The molecule has 3 rings (SSSR count). The van der Waals surface area contributed by atoms with E-state index in [1.54, 1.807) is 11.3 Å². The molecule has 0 aliphatic carbocycles. The van der Waals surface area contributed by atoms with Crippen molar-refractivity contribution in [3.63, 3.8) is 0 Å². The van der Waals surface area contributed by atoms with Gasteiger partial charge in [-0.15, -0.1) is 0 Å². The first-order valence-corrected chi connectivity index (χ1v) is 7.36. The molecule has 2 aromatic heterocycles. The van der Waals surface area contributed by atoms with Gasteiger partial charge in [0.25, 0.3) is 0 Å². The molecule has 2 unspecified atom stereocenters. The van der Waals surface area contributed by atoms with Gasteiger partial charge in [-0.05, 0) is 17.0 Å². The first kappa shape index (κ1) is 13.0. The third kappa shape index (κ3) is 2.50. The first-order valence-electron chi connectivity index (χ1n) is 6.42. The lowest BCUT2D eigenvalue weighted by atomic mass is 9.95.